The van der Waals surface area contributed by atoms with E-state index in [0.29, 0.717) is 5.69 Å². The van der Waals surface area contributed by atoms with Gasteiger partial charge in [0, 0.05) is 30.7 Å². The second-order valence-electron chi connectivity index (χ2n) is 4.07. The third-order valence-electron chi connectivity index (χ3n) is 2.85. The van der Waals surface area contributed by atoms with Crippen molar-refractivity contribution in [3.8, 4) is 0 Å². The number of rotatable bonds is 3. The molecule has 90 valence electrons. The molecule has 0 bridgehead atoms. The normalized spacial score (nSPS) is 18.9. The van der Waals surface area contributed by atoms with Crippen LogP contribution in [0.25, 0.3) is 0 Å². The van der Waals surface area contributed by atoms with Crippen LogP contribution in [0.4, 0.5) is 11.4 Å². The van der Waals surface area contributed by atoms with Crippen LogP contribution >= 0.6 is 0 Å². The summed E-state index contributed by atoms with van der Waals surface area (Å²) in [5.41, 5.74) is 0.622. The first-order valence-corrected chi connectivity index (χ1v) is 5.55. The number of anilines is 1. The van der Waals surface area contributed by atoms with Crippen molar-refractivity contribution in [1.29, 1.82) is 0 Å². The molecule has 1 aliphatic heterocycles. The minimum Gasteiger partial charge on any atom is -0.336 e. The van der Waals surface area contributed by atoms with Gasteiger partial charge in [0.2, 0.25) is 0 Å². The molecule has 1 saturated heterocycles. The molecule has 2 rings (SSSR count). The molecular weight excluding hydrogens is 222 g/mol. The SMILES string of the molecule is O=C(Nc1ccc([N+](=O)[O-])cc1)[C@@H]1CCC[NH2+]1. The molecule has 1 aromatic rings. The van der Waals surface area contributed by atoms with E-state index in [-0.39, 0.29) is 17.6 Å². The molecule has 0 spiro atoms. The van der Waals surface area contributed by atoms with Crippen molar-refractivity contribution in [3.63, 3.8) is 0 Å². The smallest absolute Gasteiger partial charge is 0.282 e. The standard InChI is InChI=1S/C11H13N3O3/c15-11(10-2-1-7-12-10)13-8-3-5-9(6-4-8)14(16)17/h3-6,10,12H,1-2,7H2,(H,13,15)/p+1/t10-/m0/s1. The van der Waals surface area contributed by atoms with Gasteiger partial charge >= 0.3 is 0 Å². The lowest BCUT2D eigenvalue weighted by Gasteiger charge is -2.08. The minimum absolute atomic E-state index is 0.0230. The zero-order valence-corrected chi connectivity index (χ0v) is 9.26. The average molecular weight is 236 g/mol. The van der Waals surface area contributed by atoms with Crippen molar-refractivity contribution in [2.24, 2.45) is 0 Å². The van der Waals surface area contributed by atoms with E-state index in [9.17, 15) is 14.9 Å². The third kappa shape index (κ3) is 2.79. The second-order valence-corrected chi connectivity index (χ2v) is 4.07. The van der Waals surface area contributed by atoms with Crippen LogP contribution in [-0.2, 0) is 4.79 Å². The highest BCUT2D eigenvalue weighted by atomic mass is 16.6. The third-order valence-corrected chi connectivity index (χ3v) is 2.85. The van der Waals surface area contributed by atoms with Crippen LogP contribution in [0.3, 0.4) is 0 Å². The topological polar surface area (TPSA) is 88.8 Å². The predicted octanol–water partition coefficient (Wildman–Crippen LogP) is 0.259. The number of nitrogens with two attached hydrogens (primary N) is 1. The van der Waals surface area contributed by atoms with Crippen molar-refractivity contribution in [2.45, 2.75) is 18.9 Å². The summed E-state index contributed by atoms with van der Waals surface area (Å²) in [4.78, 5) is 21.8. The Balaban J connectivity index is 1.98. The van der Waals surface area contributed by atoms with Gasteiger partial charge in [-0.25, -0.2) is 0 Å². The lowest BCUT2D eigenvalue weighted by molar-refractivity contribution is -0.656. The second kappa shape index (κ2) is 4.92. The Bertz CT molecular complexity index is 424. The van der Waals surface area contributed by atoms with Crippen LogP contribution in [0.15, 0.2) is 24.3 Å². The maximum absolute atomic E-state index is 11.8. The lowest BCUT2D eigenvalue weighted by atomic mass is 10.2. The lowest BCUT2D eigenvalue weighted by Crippen LogP contribution is -2.88. The quantitative estimate of drug-likeness (QED) is 0.582. The van der Waals surface area contributed by atoms with Gasteiger partial charge in [0.05, 0.1) is 11.5 Å². The van der Waals surface area contributed by atoms with Gasteiger partial charge < -0.3 is 10.6 Å². The fraction of sp³-hybridized carbons (Fsp3) is 0.364. The fourth-order valence-electron chi connectivity index (χ4n) is 1.91. The number of hydrogen-bond donors (Lipinski definition) is 2. The van der Waals surface area contributed by atoms with Crippen molar-refractivity contribution >= 4 is 17.3 Å². The first-order chi connectivity index (χ1) is 8.16. The average Bonchev–Trinajstić information content (AvgIpc) is 2.83. The van der Waals surface area contributed by atoms with E-state index in [1.54, 1.807) is 12.1 Å². The maximum Gasteiger partial charge on any atom is 0.282 e. The number of carbonyl (C=O) groups is 1. The predicted molar refractivity (Wildman–Crippen MR) is 61.5 cm³/mol. The van der Waals surface area contributed by atoms with Crippen LogP contribution in [0.5, 0.6) is 0 Å². The molecule has 1 atom stereocenters. The number of nitrogens with one attached hydrogen (secondary N) is 1. The van der Waals surface area contributed by atoms with Gasteiger partial charge in [-0.05, 0) is 12.1 Å². The highest BCUT2D eigenvalue weighted by molar-refractivity contribution is 5.93. The van der Waals surface area contributed by atoms with Gasteiger partial charge in [0.25, 0.3) is 11.6 Å². The van der Waals surface area contributed by atoms with Crippen LogP contribution in [-0.4, -0.2) is 23.4 Å². The molecule has 1 amide bonds. The number of amides is 1. The molecule has 0 saturated carbocycles. The van der Waals surface area contributed by atoms with E-state index in [0.717, 1.165) is 19.4 Å². The Kier molecular flexibility index (Phi) is 3.34. The molecule has 17 heavy (non-hydrogen) atoms. The zero-order valence-electron chi connectivity index (χ0n) is 9.26. The van der Waals surface area contributed by atoms with E-state index < -0.39 is 4.92 Å². The number of nitro groups is 1. The fourth-order valence-corrected chi connectivity index (χ4v) is 1.91. The summed E-state index contributed by atoms with van der Waals surface area (Å²) in [5.74, 6) is -0.0312. The summed E-state index contributed by atoms with van der Waals surface area (Å²) in [7, 11) is 0. The van der Waals surface area contributed by atoms with Gasteiger partial charge in [-0.1, -0.05) is 0 Å². The molecule has 1 heterocycles. The van der Waals surface area contributed by atoms with E-state index in [4.69, 9.17) is 0 Å². The Morgan fingerprint density at radius 2 is 2.12 bits per heavy atom. The largest absolute Gasteiger partial charge is 0.336 e. The molecule has 1 aromatic carbocycles. The van der Waals surface area contributed by atoms with Crippen molar-refractivity contribution in [3.05, 3.63) is 34.4 Å². The van der Waals surface area contributed by atoms with E-state index in [1.165, 1.54) is 12.1 Å². The molecule has 6 heteroatoms. The number of carbonyl (C=O) groups excluding carboxylic acids is 1. The van der Waals surface area contributed by atoms with Crippen LogP contribution in [0, 0.1) is 10.1 Å². The van der Waals surface area contributed by atoms with Gasteiger partial charge in [0.15, 0.2) is 6.04 Å². The highest BCUT2D eigenvalue weighted by Gasteiger charge is 2.26. The summed E-state index contributed by atoms with van der Waals surface area (Å²) >= 11 is 0. The van der Waals surface area contributed by atoms with E-state index >= 15 is 0 Å². The number of non-ortho nitro benzene ring substituents is 1. The van der Waals surface area contributed by atoms with Crippen molar-refractivity contribution in [2.75, 3.05) is 11.9 Å². The first-order valence-electron chi connectivity index (χ1n) is 5.55. The summed E-state index contributed by atoms with van der Waals surface area (Å²) in [6.07, 6.45) is 1.94. The number of hydrogen-bond acceptors (Lipinski definition) is 3. The molecule has 3 N–H and O–H groups in total. The number of benzene rings is 1. The Labute approximate surface area is 98.2 Å². The van der Waals surface area contributed by atoms with E-state index in [1.807, 2.05) is 5.32 Å². The Morgan fingerprint density at radius 1 is 1.41 bits per heavy atom. The molecule has 1 fully saturated rings. The number of nitro benzene ring substituents is 1. The molecule has 0 aromatic heterocycles. The Hall–Kier alpha value is -1.95. The van der Waals surface area contributed by atoms with Gasteiger partial charge in [-0.3, -0.25) is 14.9 Å². The molecule has 6 nitrogen and oxygen atoms in total. The monoisotopic (exact) mass is 236 g/mol. The first kappa shape index (κ1) is 11.5. The minimum atomic E-state index is -0.462. The summed E-state index contributed by atoms with van der Waals surface area (Å²) in [5, 5.41) is 15.2. The van der Waals surface area contributed by atoms with Crippen LogP contribution in [0.1, 0.15) is 12.8 Å². The van der Waals surface area contributed by atoms with E-state index in [2.05, 4.69) is 5.32 Å². The summed E-state index contributed by atoms with van der Waals surface area (Å²) < 4.78 is 0. The number of quaternary nitrogens is 1. The van der Waals surface area contributed by atoms with Crippen LogP contribution in [0.2, 0.25) is 0 Å². The molecule has 0 aliphatic carbocycles. The van der Waals surface area contributed by atoms with Crippen molar-refractivity contribution in [1.82, 2.24) is 0 Å². The maximum atomic E-state index is 11.8. The molecule has 1 aliphatic rings. The Morgan fingerprint density at radius 3 is 2.65 bits per heavy atom. The highest BCUT2D eigenvalue weighted by Crippen LogP contribution is 2.15. The van der Waals surface area contributed by atoms with Gasteiger partial charge in [-0.2, -0.15) is 0 Å². The van der Waals surface area contributed by atoms with Crippen molar-refractivity contribution < 1.29 is 15.0 Å². The number of nitrogens with zero attached hydrogens (tertiary/aromatic N) is 1. The van der Waals surface area contributed by atoms with Gasteiger partial charge in [-0.15, -0.1) is 0 Å². The molecule has 0 radical (unpaired) electrons. The molecule has 0 unspecified atom stereocenters. The molecular formula is C11H14N3O3+. The summed E-state index contributed by atoms with van der Waals surface area (Å²) in [6.45, 7) is 0.984. The zero-order chi connectivity index (χ0) is 12.3. The van der Waals surface area contributed by atoms with Gasteiger partial charge in [0.1, 0.15) is 0 Å². The van der Waals surface area contributed by atoms with Crippen LogP contribution < -0.4 is 10.6 Å². The summed E-state index contributed by atoms with van der Waals surface area (Å²) in [6, 6.07) is 5.84.